The number of rotatable bonds is 1. The van der Waals surface area contributed by atoms with Crippen LogP contribution in [-0.4, -0.2) is 15.0 Å². The number of hydrogen-bond donors (Lipinski definition) is 1. The largest absolute Gasteiger partial charge is 0.382 e. The average molecular weight is 257 g/mol. The summed E-state index contributed by atoms with van der Waals surface area (Å²) < 4.78 is 0. The Kier molecular flexibility index (Phi) is 2.57. The summed E-state index contributed by atoms with van der Waals surface area (Å²) in [7, 11) is 0. The van der Waals surface area contributed by atoms with Gasteiger partial charge in [0.1, 0.15) is 10.8 Å². The summed E-state index contributed by atoms with van der Waals surface area (Å²) >= 11 is 5.74. The van der Waals surface area contributed by atoms with Crippen LogP contribution in [-0.2, 0) is 0 Å². The van der Waals surface area contributed by atoms with Crippen molar-refractivity contribution >= 4 is 28.2 Å². The van der Waals surface area contributed by atoms with Crippen molar-refractivity contribution in [2.45, 2.75) is 0 Å². The van der Waals surface area contributed by atoms with Gasteiger partial charge >= 0.3 is 0 Å². The third-order valence-electron chi connectivity index (χ3n) is 2.68. The second-order valence-electron chi connectivity index (χ2n) is 3.86. The van der Waals surface area contributed by atoms with Crippen LogP contribution >= 0.6 is 11.6 Å². The molecule has 18 heavy (non-hydrogen) atoms. The zero-order chi connectivity index (χ0) is 12.5. The summed E-state index contributed by atoms with van der Waals surface area (Å²) in [5, 5.41) is 2.45. The van der Waals surface area contributed by atoms with Crippen LogP contribution in [0, 0.1) is 0 Å². The summed E-state index contributed by atoms with van der Waals surface area (Å²) in [6.07, 6.45) is 5.06. The number of nitrogens with zero attached hydrogens (tertiary/aromatic N) is 3. The van der Waals surface area contributed by atoms with Crippen molar-refractivity contribution in [2.24, 2.45) is 0 Å². The molecule has 0 fully saturated rings. The van der Waals surface area contributed by atoms with E-state index in [1.807, 2.05) is 30.5 Å². The molecule has 0 aliphatic heterocycles. The van der Waals surface area contributed by atoms with Gasteiger partial charge in [-0.15, -0.1) is 0 Å². The van der Waals surface area contributed by atoms with Gasteiger partial charge in [0.25, 0.3) is 0 Å². The Morgan fingerprint density at radius 3 is 2.78 bits per heavy atom. The molecule has 2 heterocycles. The zero-order valence-electron chi connectivity index (χ0n) is 9.34. The van der Waals surface area contributed by atoms with E-state index in [0.29, 0.717) is 16.7 Å². The molecular weight excluding hydrogens is 248 g/mol. The number of aromatic nitrogens is 3. The Labute approximate surface area is 108 Å². The Hall–Kier alpha value is -2.20. The van der Waals surface area contributed by atoms with E-state index in [4.69, 9.17) is 17.3 Å². The molecule has 0 radical (unpaired) electrons. The molecule has 0 saturated heterocycles. The molecule has 3 rings (SSSR count). The Morgan fingerprint density at radius 2 is 1.94 bits per heavy atom. The van der Waals surface area contributed by atoms with Crippen LogP contribution in [0.4, 0.5) is 5.82 Å². The molecule has 3 aromatic rings. The molecule has 0 aliphatic carbocycles. The van der Waals surface area contributed by atoms with Crippen LogP contribution in [0.3, 0.4) is 0 Å². The van der Waals surface area contributed by atoms with Crippen LogP contribution in [0.1, 0.15) is 0 Å². The van der Waals surface area contributed by atoms with E-state index < -0.39 is 0 Å². The maximum absolute atomic E-state index is 5.83. The van der Waals surface area contributed by atoms with E-state index in [-0.39, 0.29) is 0 Å². The summed E-state index contributed by atoms with van der Waals surface area (Å²) in [5.41, 5.74) is 7.38. The predicted molar refractivity (Wildman–Crippen MR) is 72.2 cm³/mol. The summed E-state index contributed by atoms with van der Waals surface area (Å²) in [6, 6.07) is 7.87. The Morgan fingerprint density at radius 1 is 1.06 bits per heavy atom. The molecule has 2 aromatic heterocycles. The number of pyridine rings is 1. The van der Waals surface area contributed by atoms with Crippen LogP contribution in [0.25, 0.3) is 22.0 Å². The molecule has 0 atom stereocenters. The molecule has 1 aromatic carbocycles. The number of anilines is 1. The van der Waals surface area contributed by atoms with Gasteiger partial charge in [-0.3, -0.25) is 4.98 Å². The predicted octanol–water partition coefficient (Wildman–Crippen LogP) is 2.93. The maximum atomic E-state index is 5.83. The molecule has 0 unspecified atom stereocenters. The fourth-order valence-corrected chi connectivity index (χ4v) is 1.97. The number of halogens is 1. The van der Waals surface area contributed by atoms with Gasteiger partial charge < -0.3 is 5.73 Å². The summed E-state index contributed by atoms with van der Waals surface area (Å²) in [5.74, 6) is 0.330. The van der Waals surface area contributed by atoms with Crippen molar-refractivity contribution in [2.75, 3.05) is 5.73 Å². The fourth-order valence-electron chi connectivity index (χ4n) is 1.83. The third kappa shape index (κ3) is 1.87. The first-order valence-corrected chi connectivity index (χ1v) is 5.74. The molecule has 2 N–H and O–H groups in total. The SMILES string of the molecule is Nc1nc(Cl)cnc1-c1ccc2cnccc2c1. The minimum atomic E-state index is 0.293. The third-order valence-corrected chi connectivity index (χ3v) is 2.87. The highest BCUT2D eigenvalue weighted by Crippen LogP contribution is 2.26. The van der Waals surface area contributed by atoms with Crippen molar-refractivity contribution < 1.29 is 0 Å². The highest BCUT2D eigenvalue weighted by atomic mass is 35.5. The van der Waals surface area contributed by atoms with E-state index in [0.717, 1.165) is 16.3 Å². The number of hydrogen-bond acceptors (Lipinski definition) is 4. The molecule has 0 spiro atoms. The van der Waals surface area contributed by atoms with Crippen molar-refractivity contribution in [3.8, 4) is 11.3 Å². The molecule has 5 heteroatoms. The lowest BCUT2D eigenvalue weighted by atomic mass is 10.1. The first kappa shape index (κ1) is 10.9. The monoisotopic (exact) mass is 256 g/mol. The van der Waals surface area contributed by atoms with Crippen LogP contribution < -0.4 is 5.73 Å². The highest BCUT2D eigenvalue weighted by Gasteiger charge is 2.07. The van der Waals surface area contributed by atoms with E-state index in [9.17, 15) is 0 Å². The van der Waals surface area contributed by atoms with Gasteiger partial charge in [0, 0.05) is 23.3 Å². The number of fused-ring (bicyclic) bond motifs is 1. The minimum absolute atomic E-state index is 0.293. The topological polar surface area (TPSA) is 64.7 Å². The normalized spacial score (nSPS) is 10.7. The fraction of sp³-hybridized carbons (Fsp3) is 0. The van der Waals surface area contributed by atoms with Gasteiger partial charge in [-0.05, 0) is 17.5 Å². The summed E-state index contributed by atoms with van der Waals surface area (Å²) in [4.78, 5) is 12.3. The smallest absolute Gasteiger partial charge is 0.151 e. The molecule has 0 amide bonds. The first-order chi connectivity index (χ1) is 8.74. The second-order valence-corrected chi connectivity index (χ2v) is 4.25. The van der Waals surface area contributed by atoms with Crippen molar-refractivity contribution in [3.63, 3.8) is 0 Å². The van der Waals surface area contributed by atoms with Crippen LogP contribution in [0.15, 0.2) is 42.9 Å². The second kappa shape index (κ2) is 4.23. The molecular formula is C13H9ClN4. The number of nitrogens with two attached hydrogens (primary N) is 1. The maximum Gasteiger partial charge on any atom is 0.151 e. The lowest BCUT2D eigenvalue weighted by Crippen LogP contribution is -1.97. The molecule has 0 aliphatic rings. The zero-order valence-corrected chi connectivity index (χ0v) is 10.1. The molecule has 4 nitrogen and oxygen atoms in total. The van der Waals surface area contributed by atoms with Gasteiger partial charge in [0.2, 0.25) is 0 Å². The Bertz CT molecular complexity index is 727. The highest BCUT2D eigenvalue weighted by molar-refractivity contribution is 6.29. The summed E-state index contributed by atoms with van der Waals surface area (Å²) in [6.45, 7) is 0. The average Bonchev–Trinajstić information content (AvgIpc) is 2.38. The molecule has 88 valence electrons. The van der Waals surface area contributed by atoms with Crippen LogP contribution in [0.5, 0.6) is 0 Å². The minimum Gasteiger partial charge on any atom is -0.382 e. The van der Waals surface area contributed by atoms with Crippen molar-refractivity contribution in [1.29, 1.82) is 0 Å². The molecule has 0 bridgehead atoms. The quantitative estimate of drug-likeness (QED) is 0.727. The van der Waals surface area contributed by atoms with Crippen LogP contribution in [0.2, 0.25) is 5.15 Å². The lowest BCUT2D eigenvalue weighted by molar-refractivity contribution is 1.22. The van der Waals surface area contributed by atoms with E-state index in [2.05, 4.69) is 15.0 Å². The Balaban J connectivity index is 2.19. The first-order valence-electron chi connectivity index (χ1n) is 5.36. The van der Waals surface area contributed by atoms with Crippen molar-refractivity contribution in [1.82, 2.24) is 15.0 Å². The van der Waals surface area contributed by atoms with E-state index in [1.165, 1.54) is 6.20 Å². The standard InChI is InChI=1S/C13H9ClN4/c14-11-7-17-12(13(15)18-11)9-1-2-10-6-16-4-3-8(10)5-9/h1-7H,(H2,15,18). The van der Waals surface area contributed by atoms with Crippen molar-refractivity contribution in [3.05, 3.63) is 48.0 Å². The molecule has 0 saturated carbocycles. The van der Waals surface area contributed by atoms with E-state index in [1.54, 1.807) is 6.20 Å². The van der Waals surface area contributed by atoms with Gasteiger partial charge in [0.15, 0.2) is 5.82 Å². The number of benzene rings is 1. The van der Waals surface area contributed by atoms with Gasteiger partial charge in [0.05, 0.1) is 6.20 Å². The van der Waals surface area contributed by atoms with Gasteiger partial charge in [-0.2, -0.15) is 0 Å². The lowest BCUT2D eigenvalue weighted by Gasteiger charge is -2.05. The number of nitrogen functional groups attached to an aromatic ring is 1. The van der Waals surface area contributed by atoms with E-state index >= 15 is 0 Å². The van der Waals surface area contributed by atoms with Gasteiger partial charge in [-0.1, -0.05) is 23.7 Å². The van der Waals surface area contributed by atoms with Gasteiger partial charge in [-0.25, -0.2) is 9.97 Å².